The molecule has 7 heteroatoms. The van der Waals surface area contributed by atoms with Crippen LogP contribution in [0.5, 0.6) is 0 Å². The summed E-state index contributed by atoms with van der Waals surface area (Å²) in [6, 6.07) is 12.5. The molecule has 5 nitrogen and oxygen atoms in total. The summed E-state index contributed by atoms with van der Waals surface area (Å²) < 4.78 is 19.9. The molecule has 136 valence electrons. The lowest BCUT2D eigenvalue weighted by molar-refractivity contribution is 0.0997. The molecule has 0 saturated heterocycles. The fourth-order valence-corrected chi connectivity index (χ4v) is 5.70. The molecule has 0 saturated carbocycles. The van der Waals surface area contributed by atoms with Gasteiger partial charge in [-0.3, -0.25) is 9.36 Å². The molecule has 1 heterocycles. The first kappa shape index (κ1) is 18.7. The Balaban J connectivity index is 2.38. The van der Waals surface area contributed by atoms with E-state index in [1.54, 1.807) is 31.2 Å². The molecule has 0 radical (unpaired) electrons. The van der Waals surface area contributed by atoms with Crippen molar-refractivity contribution in [3.8, 4) is 0 Å². The number of primary amides is 1. The molecule has 3 rings (SSSR count). The number of hydrogen-bond donors (Lipinski definition) is 2. The number of aryl methyl sites for hydroxylation is 1. The Morgan fingerprint density at radius 1 is 1.23 bits per heavy atom. The third kappa shape index (κ3) is 3.18. The first-order chi connectivity index (χ1) is 12.4. The minimum Gasteiger partial charge on any atom is -0.364 e. The number of halogens is 1. The molecule has 3 N–H and O–H groups in total. The van der Waals surface area contributed by atoms with Crippen molar-refractivity contribution < 1.29 is 13.9 Å². The van der Waals surface area contributed by atoms with Gasteiger partial charge in [-0.15, -0.1) is 0 Å². The number of aromatic nitrogens is 1. The minimum absolute atomic E-state index is 0.0842. The maximum atomic E-state index is 14.1. The Bertz CT molecular complexity index is 1030. The van der Waals surface area contributed by atoms with E-state index in [-0.39, 0.29) is 17.6 Å². The Morgan fingerprint density at radius 3 is 2.65 bits per heavy atom. The normalized spacial score (nSPS) is 13.7. The molecule has 2 aromatic carbocycles. The lowest BCUT2D eigenvalue weighted by Gasteiger charge is -2.19. The van der Waals surface area contributed by atoms with Crippen LogP contribution >= 0.6 is 19.0 Å². The van der Waals surface area contributed by atoms with Crippen molar-refractivity contribution in [2.45, 2.75) is 20.3 Å². The van der Waals surface area contributed by atoms with Crippen molar-refractivity contribution in [2.24, 2.45) is 5.73 Å². The maximum absolute atomic E-state index is 14.1. The summed E-state index contributed by atoms with van der Waals surface area (Å²) in [7, 11) is -3.56. The number of rotatable bonds is 6. The Hall–Kier alpha value is -2.07. The standard InChI is InChI=1S/C19H20ClN2O3P/c1-3-12-6-5-7-14(10-12)26(24,25-4-2)18-15-11-13(20)8-9-16(15)22-17(18)19(21)23/h5-11,22H,3-4H2,1-2H3,(H2,21,23). The zero-order valence-electron chi connectivity index (χ0n) is 14.6. The summed E-state index contributed by atoms with van der Waals surface area (Å²) in [5.41, 5.74) is 7.31. The van der Waals surface area contributed by atoms with Crippen LogP contribution in [0, 0.1) is 0 Å². The van der Waals surface area contributed by atoms with Crippen molar-refractivity contribution in [1.29, 1.82) is 0 Å². The molecular formula is C19H20ClN2O3P. The third-order valence-corrected chi connectivity index (χ3v) is 7.11. The average molecular weight is 391 g/mol. The van der Waals surface area contributed by atoms with Gasteiger partial charge >= 0.3 is 0 Å². The molecule has 0 aliphatic rings. The molecule has 1 unspecified atom stereocenters. The van der Waals surface area contributed by atoms with E-state index in [2.05, 4.69) is 4.98 Å². The molecule has 0 aliphatic carbocycles. The first-order valence-electron chi connectivity index (χ1n) is 8.36. The van der Waals surface area contributed by atoms with Crippen molar-refractivity contribution in [3.63, 3.8) is 0 Å². The van der Waals surface area contributed by atoms with Crippen LogP contribution in [0.4, 0.5) is 0 Å². The highest BCUT2D eigenvalue weighted by molar-refractivity contribution is 7.75. The maximum Gasteiger partial charge on any atom is 0.266 e. The molecule has 1 aromatic heterocycles. The molecule has 0 fully saturated rings. The van der Waals surface area contributed by atoms with Crippen LogP contribution < -0.4 is 16.3 Å². The monoisotopic (exact) mass is 390 g/mol. The predicted octanol–water partition coefficient (Wildman–Crippen LogP) is 3.75. The SMILES string of the molecule is CCOP(=O)(c1cccc(CC)c1)c1c(C(N)=O)[nH]c2ccc(Cl)cc12. The lowest BCUT2D eigenvalue weighted by atomic mass is 10.2. The van der Waals surface area contributed by atoms with Crippen LogP contribution in [0.1, 0.15) is 29.9 Å². The quantitative estimate of drug-likeness (QED) is 0.628. The Kier molecular flexibility index (Phi) is 5.24. The molecule has 26 heavy (non-hydrogen) atoms. The molecule has 3 aromatic rings. The number of carbonyl (C=O) groups is 1. The van der Waals surface area contributed by atoms with E-state index >= 15 is 0 Å². The molecule has 0 aliphatic heterocycles. The Morgan fingerprint density at radius 2 is 2.00 bits per heavy atom. The summed E-state index contributed by atoms with van der Waals surface area (Å²) in [6.45, 7) is 4.01. The smallest absolute Gasteiger partial charge is 0.266 e. The topological polar surface area (TPSA) is 85.2 Å². The summed E-state index contributed by atoms with van der Waals surface area (Å²) >= 11 is 6.14. The second-order valence-electron chi connectivity index (χ2n) is 5.90. The van der Waals surface area contributed by atoms with Gasteiger partial charge in [0, 0.05) is 21.2 Å². The van der Waals surface area contributed by atoms with Gasteiger partial charge < -0.3 is 15.2 Å². The van der Waals surface area contributed by atoms with E-state index in [1.165, 1.54) is 0 Å². The van der Waals surface area contributed by atoms with Gasteiger partial charge in [0.1, 0.15) is 5.69 Å². The fraction of sp³-hybridized carbons (Fsp3) is 0.211. The predicted molar refractivity (Wildman–Crippen MR) is 106 cm³/mol. The number of amides is 1. The van der Waals surface area contributed by atoms with Crippen LogP contribution in [0.15, 0.2) is 42.5 Å². The van der Waals surface area contributed by atoms with Crippen LogP contribution in [-0.2, 0) is 15.5 Å². The van der Waals surface area contributed by atoms with Gasteiger partial charge in [-0.2, -0.15) is 0 Å². The van der Waals surface area contributed by atoms with Gasteiger partial charge in [0.15, 0.2) is 0 Å². The summed E-state index contributed by atoms with van der Waals surface area (Å²) in [6.07, 6.45) is 0.794. The highest BCUT2D eigenvalue weighted by Crippen LogP contribution is 2.48. The van der Waals surface area contributed by atoms with E-state index in [4.69, 9.17) is 21.9 Å². The van der Waals surface area contributed by atoms with E-state index < -0.39 is 13.3 Å². The zero-order chi connectivity index (χ0) is 18.9. The van der Waals surface area contributed by atoms with E-state index in [0.29, 0.717) is 21.2 Å². The highest BCUT2D eigenvalue weighted by atomic mass is 35.5. The van der Waals surface area contributed by atoms with Crippen molar-refractivity contribution >= 4 is 46.4 Å². The summed E-state index contributed by atoms with van der Waals surface area (Å²) in [4.78, 5) is 15.0. The highest BCUT2D eigenvalue weighted by Gasteiger charge is 2.36. The minimum atomic E-state index is -3.56. The number of nitrogens with two attached hydrogens (primary N) is 1. The summed E-state index contributed by atoms with van der Waals surface area (Å²) in [5, 5.41) is 1.85. The van der Waals surface area contributed by atoms with E-state index in [9.17, 15) is 9.36 Å². The van der Waals surface area contributed by atoms with Crippen molar-refractivity contribution in [2.75, 3.05) is 6.61 Å². The second-order valence-corrected chi connectivity index (χ2v) is 8.66. The van der Waals surface area contributed by atoms with Crippen LogP contribution in [0.2, 0.25) is 5.02 Å². The number of benzene rings is 2. The van der Waals surface area contributed by atoms with Gasteiger partial charge in [-0.05, 0) is 49.2 Å². The van der Waals surface area contributed by atoms with E-state index in [1.807, 2.05) is 25.1 Å². The van der Waals surface area contributed by atoms with Crippen molar-refractivity contribution in [1.82, 2.24) is 4.98 Å². The average Bonchev–Trinajstić information content (AvgIpc) is 3.01. The first-order valence-corrected chi connectivity index (χ1v) is 10.4. The lowest BCUT2D eigenvalue weighted by Crippen LogP contribution is -2.26. The molecule has 0 bridgehead atoms. The van der Waals surface area contributed by atoms with Crippen LogP contribution in [-0.4, -0.2) is 17.5 Å². The Labute approximate surface area is 156 Å². The molecular weight excluding hydrogens is 371 g/mol. The zero-order valence-corrected chi connectivity index (χ0v) is 16.2. The number of nitrogens with one attached hydrogen (secondary N) is 1. The van der Waals surface area contributed by atoms with Gasteiger partial charge in [0.05, 0.1) is 11.9 Å². The molecule has 1 atom stereocenters. The van der Waals surface area contributed by atoms with Gasteiger partial charge in [-0.1, -0.05) is 30.7 Å². The van der Waals surface area contributed by atoms with Crippen LogP contribution in [0.3, 0.4) is 0 Å². The second kappa shape index (κ2) is 7.28. The summed E-state index contributed by atoms with van der Waals surface area (Å²) in [5.74, 6) is -0.695. The van der Waals surface area contributed by atoms with Crippen LogP contribution in [0.25, 0.3) is 10.9 Å². The number of H-pyrrole nitrogens is 1. The largest absolute Gasteiger partial charge is 0.364 e. The fourth-order valence-electron chi connectivity index (χ4n) is 3.04. The van der Waals surface area contributed by atoms with Gasteiger partial charge in [0.25, 0.3) is 13.3 Å². The number of carbonyl (C=O) groups excluding carboxylic acids is 1. The third-order valence-electron chi connectivity index (χ3n) is 4.24. The molecule has 0 spiro atoms. The number of aromatic amines is 1. The molecule has 1 amide bonds. The van der Waals surface area contributed by atoms with E-state index in [0.717, 1.165) is 12.0 Å². The van der Waals surface area contributed by atoms with Crippen molar-refractivity contribution in [3.05, 3.63) is 58.7 Å². The van der Waals surface area contributed by atoms with Gasteiger partial charge in [0.2, 0.25) is 0 Å². The number of fused-ring (bicyclic) bond motifs is 1. The van der Waals surface area contributed by atoms with Gasteiger partial charge in [-0.25, -0.2) is 0 Å². The number of hydrogen-bond acceptors (Lipinski definition) is 3.